The highest BCUT2D eigenvalue weighted by Gasteiger charge is 2.20. The summed E-state index contributed by atoms with van der Waals surface area (Å²) in [5.41, 5.74) is 1.39. The molecule has 1 saturated heterocycles. The van der Waals surface area contributed by atoms with Crippen LogP contribution in [0.5, 0.6) is 0 Å². The molecule has 2 unspecified atom stereocenters. The summed E-state index contributed by atoms with van der Waals surface area (Å²) in [7, 11) is 0. The average Bonchev–Trinajstić information content (AvgIpc) is 2.45. The van der Waals surface area contributed by atoms with Crippen LogP contribution in [0.2, 0.25) is 0 Å². The van der Waals surface area contributed by atoms with Gasteiger partial charge in [0.15, 0.2) is 0 Å². The molecule has 20 heavy (non-hydrogen) atoms. The summed E-state index contributed by atoms with van der Waals surface area (Å²) in [5, 5.41) is 3.63. The third-order valence-corrected chi connectivity index (χ3v) is 5.59. The Bertz CT molecular complexity index is 413. The molecular formula is C16H25BrN2S. The molecule has 112 valence electrons. The van der Waals surface area contributed by atoms with E-state index in [0.717, 1.165) is 12.6 Å². The lowest BCUT2D eigenvalue weighted by Crippen LogP contribution is -2.41. The molecule has 1 heterocycles. The Balaban J connectivity index is 1.95. The van der Waals surface area contributed by atoms with Gasteiger partial charge in [-0.1, -0.05) is 35.0 Å². The van der Waals surface area contributed by atoms with Crippen molar-refractivity contribution in [2.45, 2.75) is 32.4 Å². The van der Waals surface area contributed by atoms with Crippen LogP contribution in [-0.2, 0) is 0 Å². The highest BCUT2D eigenvalue weighted by atomic mass is 79.9. The molecule has 2 atom stereocenters. The topological polar surface area (TPSA) is 15.3 Å². The third-order valence-electron chi connectivity index (χ3n) is 3.91. The summed E-state index contributed by atoms with van der Waals surface area (Å²) in [6, 6.07) is 9.87. The summed E-state index contributed by atoms with van der Waals surface area (Å²) >= 11 is 5.66. The van der Waals surface area contributed by atoms with Crippen molar-refractivity contribution in [3.05, 3.63) is 34.3 Å². The lowest BCUT2D eigenvalue weighted by Gasteiger charge is -2.34. The van der Waals surface area contributed by atoms with E-state index in [1.807, 2.05) is 0 Å². The summed E-state index contributed by atoms with van der Waals surface area (Å²) in [6.07, 6.45) is 1.18. The van der Waals surface area contributed by atoms with Gasteiger partial charge in [-0.05, 0) is 37.6 Å². The largest absolute Gasteiger partial charge is 0.310 e. The van der Waals surface area contributed by atoms with Gasteiger partial charge in [-0.25, -0.2) is 0 Å². The minimum Gasteiger partial charge on any atom is -0.310 e. The van der Waals surface area contributed by atoms with Gasteiger partial charge in [-0.2, -0.15) is 11.8 Å². The molecule has 1 aliphatic rings. The molecule has 0 aliphatic carbocycles. The smallest absolute Gasteiger partial charge is 0.0332 e. The van der Waals surface area contributed by atoms with Crippen LogP contribution in [0.3, 0.4) is 0 Å². The van der Waals surface area contributed by atoms with Crippen molar-refractivity contribution < 1.29 is 0 Å². The number of nitrogens with one attached hydrogen (secondary N) is 1. The number of hydrogen-bond acceptors (Lipinski definition) is 3. The van der Waals surface area contributed by atoms with E-state index >= 15 is 0 Å². The van der Waals surface area contributed by atoms with Gasteiger partial charge in [-0.3, -0.25) is 4.90 Å². The van der Waals surface area contributed by atoms with E-state index in [0.29, 0.717) is 6.04 Å². The quantitative estimate of drug-likeness (QED) is 0.831. The fraction of sp³-hybridized carbons (Fsp3) is 0.625. The van der Waals surface area contributed by atoms with Gasteiger partial charge in [-0.15, -0.1) is 0 Å². The Morgan fingerprint density at radius 2 is 2.35 bits per heavy atom. The van der Waals surface area contributed by atoms with E-state index in [4.69, 9.17) is 0 Å². The predicted octanol–water partition coefficient (Wildman–Crippen LogP) is 3.93. The summed E-state index contributed by atoms with van der Waals surface area (Å²) < 4.78 is 1.17. The maximum Gasteiger partial charge on any atom is 0.0332 e. The second-order valence-electron chi connectivity index (χ2n) is 5.41. The van der Waals surface area contributed by atoms with Gasteiger partial charge in [0.05, 0.1) is 0 Å². The molecule has 0 spiro atoms. The van der Waals surface area contributed by atoms with Crippen LogP contribution in [-0.4, -0.2) is 42.1 Å². The Hall–Kier alpha value is -0.0300. The minimum atomic E-state index is 0.458. The highest BCUT2D eigenvalue weighted by molar-refractivity contribution is 9.10. The lowest BCUT2D eigenvalue weighted by atomic mass is 10.0. The van der Waals surface area contributed by atoms with Crippen LogP contribution in [0.15, 0.2) is 28.7 Å². The maximum atomic E-state index is 3.63. The first-order chi connectivity index (χ1) is 9.70. The Kier molecular flexibility index (Phi) is 6.88. The number of thioether (sulfide) groups is 1. The van der Waals surface area contributed by atoms with Crippen LogP contribution in [0.1, 0.15) is 31.9 Å². The van der Waals surface area contributed by atoms with E-state index < -0.39 is 0 Å². The average molecular weight is 357 g/mol. The molecule has 1 N–H and O–H groups in total. The van der Waals surface area contributed by atoms with Gasteiger partial charge >= 0.3 is 0 Å². The van der Waals surface area contributed by atoms with Crippen LogP contribution < -0.4 is 5.32 Å². The molecule has 1 fully saturated rings. The molecule has 0 saturated carbocycles. The molecule has 4 heteroatoms. The molecule has 2 nitrogen and oxygen atoms in total. The van der Waals surface area contributed by atoms with Crippen molar-refractivity contribution in [2.24, 2.45) is 0 Å². The van der Waals surface area contributed by atoms with E-state index in [1.165, 1.54) is 41.1 Å². The Labute approximate surface area is 135 Å². The number of hydrogen-bond donors (Lipinski definition) is 1. The number of nitrogens with zero attached hydrogens (tertiary/aromatic N) is 1. The second-order valence-corrected chi connectivity index (χ2v) is 7.48. The van der Waals surface area contributed by atoms with Crippen molar-refractivity contribution >= 4 is 27.7 Å². The first kappa shape index (κ1) is 16.3. The molecule has 0 radical (unpaired) electrons. The van der Waals surface area contributed by atoms with Gasteiger partial charge in [0.25, 0.3) is 0 Å². The normalized spacial score (nSPS) is 21.9. The molecule has 0 bridgehead atoms. The second kappa shape index (κ2) is 8.42. The molecular weight excluding hydrogens is 332 g/mol. The zero-order valence-electron chi connectivity index (χ0n) is 12.4. The number of rotatable bonds is 6. The van der Waals surface area contributed by atoms with Crippen LogP contribution in [0.25, 0.3) is 0 Å². The van der Waals surface area contributed by atoms with Crippen LogP contribution in [0, 0.1) is 0 Å². The van der Waals surface area contributed by atoms with Gasteiger partial charge in [0.2, 0.25) is 0 Å². The lowest BCUT2D eigenvalue weighted by molar-refractivity contribution is 0.219. The SMILES string of the molecule is CCNC(CCN1CCSCC1C)c1cccc(Br)c1. The monoisotopic (exact) mass is 356 g/mol. The van der Waals surface area contributed by atoms with Crippen LogP contribution in [0.4, 0.5) is 0 Å². The number of halogens is 1. The molecule has 0 amide bonds. The van der Waals surface area contributed by atoms with Crippen molar-refractivity contribution in [1.29, 1.82) is 0 Å². The number of benzene rings is 1. The van der Waals surface area contributed by atoms with E-state index in [9.17, 15) is 0 Å². The van der Waals surface area contributed by atoms with Crippen molar-refractivity contribution in [2.75, 3.05) is 31.1 Å². The van der Waals surface area contributed by atoms with Crippen molar-refractivity contribution in [3.63, 3.8) is 0 Å². The Morgan fingerprint density at radius 3 is 3.05 bits per heavy atom. The molecule has 1 aromatic rings. The van der Waals surface area contributed by atoms with Crippen molar-refractivity contribution in [3.8, 4) is 0 Å². The van der Waals surface area contributed by atoms with E-state index in [2.05, 4.69) is 76.0 Å². The highest BCUT2D eigenvalue weighted by Crippen LogP contribution is 2.23. The summed E-state index contributed by atoms with van der Waals surface area (Å²) in [4.78, 5) is 2.64. The first-order valence-corrected chi connectivity index (χ1v) is 9.46. The minimum absolute atomic E-state index is 0.458. The summed E-state index contributed by atoms with van der Waals surface area (Å²) in [5.74, 6) is 2.57. The summed E-state index contributed by atoms with van der Waals surface area (Å²) in [6.45, 7) is 7.98. The van der Waals surface area contributed by atoms with Gasteiger partial charge in [0.1, 0.15) is 0 Å². The molecule has 0 aromatic heterocycles. The fourth-order valence-electron chi connectivity index (χ4n) is 2.74. The third kappa shape index (κ3) is 4.76. The van der Waals surface area contributed by atoms with Gasteiger partial charge in [0, 0.05) is 41.2 Å². The van der Waals surface area contributed by atoms with Crippen LogP contribution >= 0.6 is 27.7 Å². The van der Waals surface area contributed by atoms with E-state index in [-0.39, 0.29) is 0 Å². The van der Waals surface area contributed by atoms with Gasteiger partial charge < -0.3 is 5.32 Å². The maximum absolute atomic E-state index is 3.63. The van der Waals surface area contributed by atoms with E-state index in [1.54, 1.807) is 0 Å². The first-order valence-electron chi connectivity index (χ1n) is 7.51. The zero-order chi connectivity index (χ0) is 14.4. The standard InChI is InChI=1S/C16H25BrN2S/c1-3-18-16(14-5-4-6-15(17)11-14)7-8-19-9-10-20-12-13(19)2/h4-6,11,13,16,18H,3,7-10,12H2,1-2H3. The fourth-order valence-corrected chi connectivity index (χ4v) is 4.24. The predicted molar refractivity (Wildman–Crippen MR) is 93.5 cm³/mol. The zero-order valence-corrected chi connectivity index (χ0v) is 14.8. The van der Waals surface area contributed by atoms with Crippen molar-refractivity contribution in [1.82, 2.24) is 10.2 Å². The molecule has 2 rings (SSSR count). The Morgan fingerprint density at radius 1 is 1.50 bits per heavy atom. The molecule has 1 aromatic carbocycles. The molecule has 1 aliphatic heterocycles.